The van der Waals surface area contributed by atoms with Crippen molar-refractivity contribution in [2.75, 3.05) is 19.7 Å². The summed E-state index contributed by atoms with van der Waals surface area (Å²) in [5.74, 6) is 0. The lowest BCUT2D eigenvalue weighted by atomic mass is 10.3. The molecule has 0 aliphatic carbocycles. The van der Waals surface area contributed by atoms with Crippen LogP contribution in [0.15, 0.2) is 12.2 Å². The molecular formula is C9H19NO. The van der Waals surface area contributed by atoms with Crippen LogP contribution in [0.25, 0.3) is 0 Å². The van der Waals surface area contributed by atoms with Gasteiger partial charge in [-0.15, -0.1) is 0 Å². The number of hydrogen-bond acceptors (Lipinski definition) is 2. The van der Waals surface area contributed by atoms with Crippen molar-refractivity contribution in [3.05, 3.63) is 12.2 Å². The zero-order valence-electron chi connectivity index (χ0n) is 7.81. The predicted octanol–water partition coefficient (Wildman–Crippen LogP) is 1.58. The molecule has 1 unspecified atom stereocenters. The molecule has 0 saturated carbocycles. The Balaban J connectivity index is 3.16. The van der Waals surface area contributed by atoms with Crippen molar-refractivity contribution < 1.29 is 4.74 Å². The largest absolute Gasteiger partial charge is 0.377 e. The maximum Gasteiger partial charge on any atom is 0.0671 e. The fraction of sp³-hybridized carbons (Fsp3) is 0.778. The van der Waals surface area contributed by atoms with Crippen LogP contribution in [0.2, 0.25) is 0 Å². The van der Waals surface area contributed by atoms with Gasteiger partial charge in [0.2, 0.25) is 0 Å². The van der Waals surface area contributed by atoms with E-state index in [2.05, 4.69) is 18.8 Å². The van der Waals surface area contributed by atoms with Crippen LogP contribution in [0, 0.1) is 0 Å². The van der Waals surface area contributed by atoms with E-state index in [1.165, 1.54) is 0 Å². The molecule has 0 rings (SSSR count). The summed E-state index contributed by atoms with van der Waals surface area (Å²) in [5.41, 5.74) is 1.16. The van der Waals surface area contributed by atoms with Gasteiger partial charge in [-0.3, -0.25) is 0 Å². The van der Waals surface area contributed by atoms with Gasteiger partial charge in [0.1, 0.15) is 0 Å². The molecule has 2 heteroatoms. The maximum atomic E-state index is 5.33. The van der Waals surface area contributed by atoms with E-state index in [1.54, 1.807) is 0 Å². The summed E-state index contributed by atoms with van der Waals surface area (Å²) >= 11 is 0. The molecule has 0 radical (unpaired) electrons. The van der Waals surface area contributed by atoms with Crippen LogP contribution >= 0.6 is 0 Å². The van der Waals surface area contributed by atoms with Gasteiger partial charge in [-0.1, -0.05) is 12.2 Å². The molecule has 0 bridgehead atoms. The smallest absolute Gasteiger partial charge is 0.0671 e. The fourth-order valence-electron chi connectivity index (χ4n) is 0.832. The second kappa shape index (κ2) is 6.38. The number of rotatable bonds is 6. The van der Waals surface area contributed by atoms with Crippen molar-refractivity contribution >= 4 is 0 Å². The molecule has 0 aromatic heterocycles. The van der Waals surface area contributed by atoms with E-state index in [0.29, 0.717) is 6.10 Å². The van der Waals surface area contributed by atoms with E-state index in [0.717, 1.165) is 25.3 Å². The molecule has 11 heavy (non-hydrogen) atoms. The van der Waals surface area contributed by atoms with Gasteiger partial charge in [-0.25, -0.2) is 0 Å². The summed E-state index contributed by atoms with van der Waals surface area (Å²) in [7, 11) is 0. The lowest BCUT2D eigenvalue weighted by Crippen LogP contribution is -2.27. The third kappa shape index (κ3) is 7.56. The van der Waals surface area contributed by atoms with Gasteiger partial charge in [0.15, 0.2) is 0 Å². The van der Waals surface area contributed by atoms with Crippen molar-refractivity contribution in [1.29, 1.82) is 0 Å². The zero-order valence-corrected chi connectivity index (χ0v) is 7.81. The zero-order chi connectivity index (χ0) is 8.69. The molecule has 2 nitrogen and oxygen atoms in total. The Hall–Kier alpha value is -0.340. The van der Waals surface area contributed by atoms with E-state index in [4.69, 9.17) is 4.74 Å². The average Bonchev–Trinajstić information content (AvgIpc) is 1.87. The van der Waals surface area contributed by atoms with Crippen LogP contribution in [0.5, 0.6) is 0 Å². The van der Waals surface area contributed by atoms with Crippen molar-refractivity contribution in [2.24, 2.45) is 0 Å². The Kier molecular flexibility index (Phi) is 6.18. The molecule has 0 saturated heterocycles. The van der Waals surface area contributed by atoms with E-state index in [9.17, 15) is 0 Å². The van der Waals surface area contributed by atoms with Gasteiger partial charge in [-0.2, -0.15) is 0 Å². The third-order valence-electron chi connectivity index (χ3n) is 1.31. The second-order valence-corrected chi connectivity index (χ2v) is 2.85. The Morgan fingerprint density at radius 1 is 1.64 bits per heavy atom. The summed E-state index contributed by atoms with van der Waals surface area (Å²) in [6.45, 7) is 12.5. The standard InChI is InChI=1S/C9H19NO/c1-5-11-9(4)7-10-6-8(2)3/h9-10H,2,5-7H2,1,3-4H3. The molecule has 0 amide bonds. The van der Waals surface area contributed by atoms with Crippen molar-refractivity contribution in [2.45, 2.75) is 26.9 Å². The molecule has 0 aliphatic rings. The van der Waals surface area contributed by atoms with Crippen LogP contribution in [0.4, 0.5) is 0 Å². The quantitative estimate of drug-likeness (QED) is 0.591. The van der Waals surface area contributed by atoms with Crippen molar-refractivity contribution in [3.8, 4) is 0 Å². The van der Waals surface area contributed by atoms with E-state index >= 15 is 0 Å². The Morgan fingerprint density at radius 2 is 2.27 bits per heavy atom. The highest BCUT2D eigenvalue weighted by Gasteiger charge is 1.98. The highest BCUT2D eigenvalue weighted by atomic mass is 16.5. The highest BCUT2D eigenvalue weighted by molar-refractivity contribution is 4.90. The van der Waals surface area contributed by atoms with Crippen LogP contribution in [-0.2, 0) is 4.74 Å². The minimum absolute atomic E-state index is 0.305. The molecule has 1 N–H and O–H groups in total. The van der Waals surface area contributed by atoms with Crippen molar-refractivity contribution in [1.82, 2.24) is 5.32 Å². The predicted molar refractivity (Wildman–Crippen MR) is 48.8 cm³/mol. The number of nitrogens with one attached hydrogen (secondary N) is 1. The van der Waals surface area contributed by atoms with Gasteiger partial charge in [0.05, 0.1) is 6.10 Å². The lowest BCUT2D eigenvalue weighted by molar-refractivity contribution is 0.0768. The normalized spacial score (nSPS) is 13.0. The molecule has 0 heterocycles. The summed E-state index contributed by atoms with van der Waals surface area (Å²) < 4.78 is 5.33. The van der Waals surface area contributed by atoms with E-state index in [-0.39, 0.29) is 0 Å². The first-order valence-electron chi connectivity index (χ1n) is 4.13. The maximum absolute atomic E-state index is 5.33. The first kappa shape index (κ1) is 10.7. The van der Waals surface area contributed by atoms with Gasteiger partial charge < -0.3 is 10.1 Å². The molecular weight excluding hydrogens is 138 g/mol. The van der Waals surface area contributed by atoms with E-state index < -0.39 is 0 Å². The minimum atomic E-state index is 0.305. The lowest BCUT2D eigenvalue weighted by Gasteiger charge is -2.11. The molecule has 66 valence electrons. The summed E-state index contributed by atoms with van der Waals surface area (Å²) in [6, 6.07) is 0. The number of ether oxygens (including phenoxy) is 1. The van der Waals surface area contributed by atoms with Gasteiger partial charge >= 0.3 is 0 Å². The van der Waals surface area contributed by atoms with Crippen LogP contribution in [-0.4, -0.2) is 25.8 Å². The fourth-order valence-corrected chi connectivity index (χ4v) is 0.832. The van der Waals surface area contributed by atoms with Gasteiger partial charge in [-0.05, 0) is 20.8 Å². The molecule has 0 fully saturated rings. The SMILES string of the molecule is C=C(C)CNCC(C)OCC. The van der Waals surface area contributed by atoms with Crippen molar-refractivity contribution in [3.63, 3.8) is 0 Å². The summed E-state index contributed by atoms with van der Waals surface area (Å²) in [6.07, 6.45) is 0.305. The van der Waals surface area contributed by atoms with Gasteiger partial charge in [0, 0.05) is 19.7 Å². The minimum Gasteiger partial charge on any atom is -0.377 e. The Morgan fingerprint density at radius 3 is 2.73 bits per heavy atom. The molecule has 0 spiro atoms. The van der Waals surface area contributed by atoms with Crippen LogP contribution in [0.3, 0.4) is 0 Å². The van der Waals surface area contributed by atoms with Crippen LogP contribution in [0.1, 0.15) is 20.8 Å². The monoisotopic (exact) mass is 157 g/mol. The third-order valence-corrected chi connectivity index (χ3v) is 1.31. The Labute approximate surface area is 69.6 Å². The second-order valence-electron chi connectivity index (χ2n) is 2.85. The average molecular weight is 157 g/mol. The molecule has 0 aromatic carbocycles. The first-order valence-corrected chi connectivity index (χ1v) is 4.13. The Bertz CT molecular complexity index is 112. The van der Waals surface area contributed by atoms with Gasteiger partial charge in [0.25, 0.3) is 0 Å². The topological polar surface area (TPSA) is 21.3 Å². The highest BCUT2D eigenvalue weighted by Crippen LogP contribution is 1.88. The van der Waals surface area contributed by atoms with Crippen LogP contribution < -0.4 is 5.32 Å². The molecule has 1 atom stereocenters. The summed E-state index contributed by atoms with van der Waals surface area (Å²) in [5, 5.41) is 3.24. The molecule has 0 aromatic rings. The first-order chi connectivity index (χ1) is 5.16. The molecule has 0 aliphatic heterocycles. The number of hydrogen-bond donors (Lipinski definition) is 1. The van der Waals surface area contributed by atoms with E-state index in [1.807, 2.05) is 13.8 Å². The summed E-state index contributed by atoms with van der Waals surface area (Å²) in [4.78, 5) is 0.